The van der Waals surface area contributed by atoms with Crippen LogP contribution in [0.2, 0.25) is 0 Å². The summed E-state index contributed by atoms with van der Waals surface area (Å²) < 4.78 is 22.7. The molecular formula is C24H25NO5. The SMILES string of the molecule is CCOc1c(/C(C)=C/C(=O)Nc2ccc3c(c2)OCCO3)cc2c(C)coc2c1C. The van der Waals surface area contributed by atoms with Crippen molar-refractivity contribution in [1.29, 1.82) is 0 Å². The topological polar surface area (TPSA) is 69.9 Å². The molecule has 6 nitrogen and oxygen atoms in total. The first kappa shape index (κ1) is 19.9. The maximum absolute atomic E-state index is 12.7. The number of carbonyl (C=O) groups is 1. The molecule has 0 radical (unpaired) electrons. The quantitative estimate of drug-likeness (QED) is 0.584. The molecule has 1 aliphatic heterocycles. The molecule has 156 valence electrons. The zero-order valence-corrected chi connectivity index (χ0v) is 17.6. The Morgan fingerprint density at radius 3 is 2.70 bits per heavy atom. The lowest BCUT2D eigenvalue weighted by Gasteiger charge is -2.19. The lowest BCUT2D eigenvalue weighted by atomic mass is 9.98. The Bertz CT molecular complexity index is 1140. The maximum Gasteiger partial charge on any atom is 0.248 e. The molecule has 1 aromatic heterocycles. The Hall–Kier alpha value is -3.41. The van der Waals surface area contributed by atoms with Gasteiger partial charge in [0.2, 0.25) is 5.91 Å². The third-order valence-electron chi connectivity index (χ3n) is 5.11. The highest BCUT2D eigenvalue weighted by atomic mass is 16.6. The number of allylic oxidation sites excluding steroid dienone is 1. The molecule has 0 saturated heterocycles. The van der Waals surface area contributed by atoms with Gasteiger partial charge in [-0.25, -0.2) is 0 Å². The summed E-state index contributed by atoms with van der Waals surface area (Å²) in [6, 6.07) is 7.39. The summed E-state index contributed by atoms with van der Waals surface area (Å²) in [6.45, 7) is 9.37. The fourth-order valence-corrected chi connectivity index (χ4v) is 3.64. The minimum absolute atomic E-state index is 0.228. The molecule has 1 N–H and O–H groups in total. The average Bonchev–Trinajstić information content (AvgIpc) is 3.10. The summed E-state index contributed by atoms with van der Waals surface area (Å²) in [6.07, 6.45) is 3.32. The van der Waals surface area contributed by atoms with E-state index in [1.807, 2.05) is 33.8 Å². The van der Waals surface area contributed by atoms with E-state index in [0.717, 1.165) is 39.0 Å². The largest absolute Gasteiger partial charge is 0.493 e. The van der Waals surface area contributed by atoms with Gasteiger partial charge in [0.1, 0.15) is 24.5 Å². The predicted octanol–water partition coefficient (Wildman–Crippen LogP) is 5.26. The molecule has 3 aromatic rings. The average molecular weight is 407 g/mol. The zero-order valence-electron chi connectivity index (χ0n) is 17.6. The van der Waals surface area contributed by atoms with Gasteiger partial charge in [-0.3, -0.25) is 4.79 Å². The number of hydrogen-bond acceptors (Lipinski definition) is 5. The highest BCUT2D eigenvalue weighted by molar-refractivity contribution is 6.05. The van der Waals surface area contributed by atoms with Gasteiger partial charge in [0.25, 0.3) is 0 Å². The summed E-state index contributed by atoms with van der Waals surface area (Å²) in [5.41, 5.74) is 5.12. The van der Waals surface area contributed by atoms with E-state index in [0.29, 0.717) is 37.0 Å². The van der Waals surface area contributed by atoms with Crippen molar-refractivity contribution in [1.82, 2.24) is 0 Å². The normalized spacial score (nSPS) is 13.4. The van der Waals surface area contributed by atoms with Crippen molar-refractivity contribution in [3.8, 4) is 17.2 Å². The van der Waals surface area contributed by atoms with Crippen LogP contribution in [0.5, 0.6) is 17.2 Å². The summed E-state index contributed by atoms with van der Waals surface area (Å²) in [7, 11) is 0. The molecule has 0 aliphatic carbocycles. The van der Waals surface area contributed by atoms with Crippen molar-refractivity contribution in [2.45, 2.75) is 27.7 Å². The third kappa shape index (κ3) is 3.73. The number of ether oxygens (including phenoxy) is 3. The van der Waals surface area contributed by atoms with E-state index in [-0.39, 0.29) is 5.91 Å². The molecule has 2 heterocycles. The molecule has 6 heteroatoms. The van der Waals surface area contributed by atoms with Crippen LogP contribution < -0.4 is 19.5 Å². The van der Waals surface area contributed by atoms with Gasteiger partial charge in [-0.15, -0.1) is 0 Å². The Balaban J connectivity index is 1.64. The van der Waals surface area contributed by atoms with Crippen LogP contribution in [0, 0.1) is 13.8 Å². The zero-order chi connectivity index (χ0) is 21.3. The van der Waals surface area contributed by atoms with Crippen molar-refractivity contribution in [2.75, 3.05) is 25.1 Å². The van der Waals surface area contributed by atoms with Gasteiger partial charge >= 0.3 is 0 Å². The molecule has 1 aliphatic rings. The number of carbonyl (C=O) groups excluding carboxylic acids is 1. The Morgan fingerprint density at radius 2 is 1.93 bits per heavy atom. The molecule has 30 heavy (non-hydrogen) atoms. The molecule has 0 atom stereocenters. The number of hydrogen-bond donors (Lipinski definition) is 1. The van der Waals surface area contributed by atoms with Gasteiger partial charge in [0.15, 0.2) is 11.5 Å². The van der Waals surface area contributed by atoms with Gasteiger partial charge in [-0.1, -0.05) is 0 Å². The molecule has 0 unspecified atom stereocenters. The van der Waals surface area contributed by atoms with Gasteiger partial charge in [0, 0.05) is 34.3 Å². The molecule has 0 spiro atoms. The van der Waals surface area contributed by atoms with Crippen LogP contribution in [0.15, 0.2) is 41.0 Å². The van der Waals surface area contributed by atoms with Crippen molar-refractivity contribution < 1.29 is 23.4 Å². The van der Waals surface area contributed by atoms with Crippen LogP contribution in [-0.4, -0.2) is 25.7 Å². The Morgan fingerprint density at radius 1 is 1.17 bits per heavy atom. The summed E-state index contributed by atoms with van der Waals surface area (Å²) in [5, 5.41) is 3.91. The minimum Gasteiger partial charge on any atom is -0.493 e. The molecule has 0 bridgehead atoms. The van der Waals surface area contributed by atoms with Crippen molar-refractivity contribution in [2.24, 2.45) is 0 Å². The first-order valence-electron chi connectivity index (χ1n) is 10.0. The maximum atomic E-state index is 12.7. The van der Waals surface area contributed by atoms with Gasteiger partial charge in [-0.2, -0.15) is 0 Å². The first-order valence-corrected chi connectivity index (χ1v) is 10.0. The first-order chi connectivity index (χ1) is 14.5. The lowest BCUT2D eigenvalue weighted by molar-refractivity contribution is -0.111. The number of nitrogens with one attached hydrogen (secondary N) is 1. The van der Waals surface area contributed by atoms with E-state index in [2.05, 4.69) is 5.32 Å². The minimum atomic E-state index is -0.228. The number of amides is 1. The molecule has 4 rings (SSSR count). The van der Waals surface area contributed by atoms with Gasteiger partial charge in [-0.05, 0) is 57.0 Å². The van der Waals surface area contributed by atoms with Crippen LogP contribution in [-0.2, 0) is 4.79 Å². The number of benzene rings is 2. The van der Waals surface area contributed by atoms with E-state index >= 15 is 0 Å². The van der Waals surface area contributed by atoms with Crippen LogP contribution in [0.4, 0.5) is 5.69 Å². The number of aryl methyl sites for hydroxylation is 2. The number of rotatable bonds is 5. The summed E-state index contributed by atoms with van der Waals surface area (Å²) in [5.74, 6) is 1.83. The smallest absolute Gasteiger partial charge is 0.248 e. The van der Waals surface area contributed by atoms with E-state index in [9.17, 15) is 4.79 Å². The second kappa shape index (κ2) is 8.14. The van der Waals surface area contributed by atoms with Crippen LogP contribution in [0.1, 0.15) is 30.5 Å². The fraction of sp³-hybridized carbons (Fsp3) is 0.292. The monoisotopic (exact) mass is 407 g/mol. The highest BCUT2D eigenvalue weighted by Gasteiger charge is 2.18. The van der Waals surface area contributed by atoms with E-state index in [4.69, 9.17) is 18.6 Å². The summed E-state index contributed by atoms with van der Waals surface area (Å²) in [4.78, 5) is 12.7. The Labute approximate surface area is 175 Å². The standard InChI is InChI=1S/C24H25NO5/c1-5-27-23-16(4)24-19(15(3)13-30-24)12-18(23)14(2)10-22(26)25-17-6-7-20-21(11-17)29-9-8-28-20/h6-7,10-13H,5,8-9H2,1-4H3,(H,25,26)/b14-10+. The van der Waals surface area contributed by atoms with Crippen molar-refractivity contribution in [3.05, 3.63) is 53.3 Å². The van der Waals surface area contributed by atoms with E-state index in [1.165, 1.54) is 0 Å². The van der Waals surface area contributed by atoms with Crippen molar-refractivity contribution in [3.63, 3.8) is 0 Å². The third-order valence-corrected chi connectivity index (χ3v) is 5.11. The number of furan rings is 1. The molecule has 2 aromatic carbocycles. The van der Waals surface area contributed by atoms with Crippen LogP contribution in [0.25, 0.3) is 16.5 Å². The van der Waals surface area contributed by atoms with Crippen LogP contribution >= 0.6 is 0 Å². The highest BCUT2D eigenvalue weighted by Crippen LogP contribution is 2.38. The van der Waals surface area contributed by atoms with Crippen molar-refractivity contribution >= 4 is 28.1 Å². The second-order valence-corrected chi connectivity index (χ2v) is 7.28. The lowest BCUT2D eigenvalue weighted by Crippen LogP contribution is -2.16. The molecular weight excluding hydrogens is 382 g/mol. The Kier molecular flexibility index (Phi) is 5.40. The van der Waals surface area contributed by atoms with Crippen LogP contribution in [0.3, 0.4) is 0 Å². The molecule has 0 saturated carbocycles. The fourth-order valence-electron chi connectivity index (χ4n) is 3.64. The second-order valence-electron chi connectivity index (χ2n) is 7.28. The summed E-state index contributed by atoms with van der Waals surface area (Å²) >= 11 is 0. The van der Waals surface area contributed by atoms with Gasteiger partial charge in [0.05, 0.1) is 12.9 Å². The van der Waals surface area contributed by atoms with E-state index < -0.39 is 0 Å². The van der Waals surface area contributed by atoms with Gasteiger partial charge < -0.3 is 23.9 Å². The molecule has 0 fully saturated rings. The molecule has 1 amide bonds. The number of fused-ring (bicyclic) bond motifs is 2. The predicted molar refractivity (Wildman–Crippen MR) is 117 cm³/mol. The van der Waals surface area contributed by atoms with E-state index in [1.54, 1.807) is 30.5 Å². The number of anilines is 1.